The van der Waals surface area contributed by atoms with Crippen molar-refractivity contribution in [1.29, 1.82) is 0 Å². The maximum atomic E-state index is 5.08. The first-order chi connectivity index (χ1) is 4.34. The van der Waals surface area contributed by atoms with Gasteiger partial charge in [0.25, 0.3) is 0 Å². The first-order valence-corrected chi connectivity index (χ1v) is 4.28. The summed E-state index contributed by atoms with van der Waals surface area (Å²) in [7, 11) is 1.70. The van der Waals surface area contributed by atoms with E-state index in [1.54, 1.807) is 7.11 Å². The van der Waals surface area contributed by atoms with Crippen LogP contribution in [0.3, 0.4) is 0 Å². The summed E-state index contributed by atoms with van der Waals surface area (Å²) in [6.07, 6.45) is 0. The summed E-state index contributed by atoms with van der Waals surface area (Å²) in [6, 6.07) is 8.08. The van der Waals surface area contributed by atoms with E-state index in [2.05, 4.69) is 6.07 Å². The summed E-state index contributed by atoms with van der Waals surface area (Å²) in [4.78, 5) is 0. The quantitative estimate of drug-likeness (QED) is 0.688. The van der Waals surface area contributed by atoms with Gasteiger partial charge < -0.3 is 0 Å². The molecule has 3 heteroatoms. The number of halogens is 1. The number of hydrogen-bond donors (Lipinski definition) is 0. The average Bonchev–Trinajstić information content (AvgIpc) is 1.89. The van der Waals surface area contributed by atoms with Crippen LogP contribution in [0.1, 0.15) is 0 Å². The fourth-order valence-corrected chi connectivity index (χ4v) is 1.54. The molecular formula is C7H8BrOZn. The summed E-state index contributed by atoms with van der Waals surface area (Å²) in [5, 5.41) is 0. The first kappa shape index (κ1) is 10.1. The van der Waals surface area contributed by atoms with E-state index in [0.717, 1.165) is 24.1 Å². The molecule has 0 aromatic heterocycles. The molecule has 1 nitrogen and oxygen atoms in total. The number of rotatable bonds is 1. The van der Waals surface area contributed by atoms with E-state index >= 15 is 0 Å². The number of benzene rings is 1. The minimum absolute atomic E-state index is 0. The molecule has 0 aliphatic rings. The van der Waals surface area contributed by atoms with Gasteiger partial charge in [-0.25, -0.2) is 0 Å². The third-order valence-electron chi connectivity index (χ3n) is 1.19. The van der Waals surface area contributed by atoms with Gasteiger partial charge in [-0.1, -0.05) is 0 Å². The molecule has 0 atom stereocenters. The van der Waals surface area contributed by atoms with Crippen LogP contribution in [0.4, 0.5) is 0 Å². The van der Waals surface area contributed by atoms with Crippen LogP contribution in [-0.2, 0) is 18.3 Å². The molecule has 0 unspecified atom stereocenters. The zero-order valence-corrected chi connectivity index (χ0v) is 10.5. The molecule has 10 heavy (non-hydrogen) atoms. The van der Waals surface area contributed by atoms with Crippen molar-refractivity contribution in [1.82, 2.24) is 0 Å². The number of hydrogen-bond acceptors (Lipinski definition) is 1. The van der Waals surface area contributed by atoms with Crippen molar-refractivity contribution in [3.8, 4) is 5.75 Å². The van der Waals surface area contributed by atoms with Crippen molar-refractivity contribution in [2.45, 2.75) is 0 Å². The maximum absolute atomic E-state index is 5.08. The van der Waals surface area contributed by atoms with Gasteiger partial charge in [0.2, 0.25) is 0 Å². The molecule has 0 amide bonds. The molecule has 0 bridgehead atoms. The summed E-state index contributed by atoms with van der Waals surface area (Å²) < 4.78 is 6.38. The van der Waals surface area contributed by atoms with Gasteiger partial charge in [0.1, 0.15) is 0 Å². The Morgan fingerprint density at radius 3 is 2.30 bits per heavy atom. The van der Waals surface area contributed by atoms with Gasteiger partial charge >= 0.3 is 64.3 Å². The van der Waals surface area contributed by atoms with E-state index in [1.165, 1.54) is 4.16 Å². The van der Waals surface area contributed by atoms with Crippen molar-refractivity contribution in [3.63, 3.8) is 0 Å². The Morgan fingerprint density at radius 1 is 1.30 bits per heavy atom. The van der Waals surface area contributed by atoms with Crippen LogP contribution >= 0.6 is 17.0 Å². The van der Waals surface area contributed by atoms with E-state index in [4.69, 9.17) is 4.74 Å². The Hall–Kier alpha value is 0.123. The van der Waals surface area contributed by atoms with Crippen LogP contribution in [0.5, 0.6) is 5.75 Å². The van der Waals surface area contributed by atoms with Crippen molar-refractivity contribution in [3.05, 3.63) is 24.3 Å². The molecule has 0 aliphatic heterocycles. The van der Waals surface area contributed by atoms with Crippen LogP contribution in [0, 0.1) is 0 Å². The average molecular weight is 253 g/mol. The van der Waals surface area contributed by atoms with Gasteiger partial charge in [0.15, 0.2) is 0 Å². The van der Waals surface area contributed by atoms with E-state index in [9.17, 15) is 0 Å². The molecule has 0 saturated heterocycles. The minimum atomic E-state index is 0. The topological polar surface area (TPSA) is 9.23 Å². The molecule has 0 radical (unpaired) electrons. The summed E-state index contributed by atoms with van der Waals surface area (Å²) in [6.45, 7) is 0. The molecular weight excluding hydrogens is 245 g/mol. The fourth-order valence-electron chi connectivity index (χ4n) is 0.703. The van der Waals surface area contributed by atoms with Crippen molar-refractivity contribution in [2.75, 3.05) is 7.11 Å². The zero-order chi connectivity index (χ0) is 6.69. The third-order valence-corrected chi connectivity index (χ3v) is 2.42. The van der Waals surface area contributed by atoms with Crippen LogP contribution in [0.25, 0.3) is 0 Å². The predicted octanol–water partition coefficient (Wildman–Crippen LogP) is 1.45. The van der Waals surface area contributed by atoms with E-state index in [0.29, 0.717) is 0 Å². The molecule has 0 fully saturated rings. The van der Waals surface area contributed by atoms with Gasteiger partial charge in [-0.05, 0) is 0 Å². The molecule has 0 spiro atoms. The second kappa shape index (κ2) is 4.87. The Labute approximate surface area is 81.2 Å². The fraction of sp³-hybridized carbons (Fsp3) is 0.143. The summed E-state index contributed by atoms with van der Waals surface area (Å²) in [5.41, 5.74) is 0. The molecule has 0 aliphatic carbocycles. The molecule has 1 rings (SSSR count). The standard InChI is InChI=1S/C7H7O.BrH.Zn/c1-8-7-5-3-2-4-6-7;;/h2-5H,1H3;1H;. The number of ether oxygens (including phenoxy) is 1. The molecule has 0 saturated carbocycles. The third kappa shape index (κ3) is 2.39. The predicted molar refractivity (Wildman–Crippen MR) is 43.0 cm³/mol. The SMILES string of the molecule is Br.COc1cccc[c]1[Zn]. The van der Waals surface area contributed by atoms with Gasteiger partial charge in [0.05, 0.1) is 0 Å². The van der Waals surface area contributed by atoms with Gasteiger partial charge in [-0.2, -0.15) is 0 Å². The van der Waals surface area contributed by atoms with Crippen molar-refractivity contribution < 1.29 is 23.0 Å². The van der Waals surface area contributed by atoms with Crippen LogP contribution in [0.2, 0.25) is 0 Å². The van der Waals surface area contributed by atoms with E-state index in [1.807, 2.05) is 18.2 Å². The van der Waals surface area contributed by atoms with Gasteiger partial charge in [0, 0.05) is 0 Å². The molecule has 51 valence electrons. The molecule has 0 heterocycles. The first-order valence-electron chi connectivity index (χ1n) is 2.79. The van der Waals surface area contributed by atoms with Crippen LogP contribution in [-0.4, -0.2) is 7.11 Å². The van der Waals surface area contributed by atoms with Crippen molar-refractivity contribution >= 4 is 21.1 Å². The Bertz CT molecular complexity index is 203. The van der Waals surface area contributed by atoms with Gasteiger partial charge in [-0.15, -0.1) is 17.0 Å². The van der Waals surface area contributed by atoms with Crippen LogP contribution in [0.15, 0.2) is 24.3 Å². The van der Waals surface area contributed by atoms with Crippen molar-refractivity contribution in [2.24, 2.45) is 0 Å². The second-order valence-electron chi connectivity index (χ2n) is 1.81. The number of para-hydroxylation sites is 1. The second-order valence-corrected chi connectivity index (χ2v) is 3.41. The summed E-state index contributed by atoms with van der Waals surface area (Å²) in [5.74, 6) is 1.01. The Kier molecular flexibility index (Phi) is 4.93. The molecule has 0 N–H and O–H groups in total. The molecule has 1 aromatic rings. The van der Waals surface area contributed by atoms with E-state index < -0.39 is 0 Å². The number of methoxy groups -OCH3 is 1. The summed E-state index contributed by atoms with van der Waals surface area (Å²) >= 11 is 1.16. The Balaban J connectivity index is 0.000000810. The normalized spacial score (nSPS) is 8.30. The van der Waals surface area contributed by atoms with E-state index in [-0.39, 0.29) is 17.0 Å². The molecule has 1 aromatic carbocycles. The van der Waals surface area contributed by atoms with Gasteiger partial charge in [-0.3, -0.25) is 0 Å². The van der Waals surface area contributed by atoms with Crippen LogP contribution < -0.4 is 8.89 Å². The Morgan fingerprint density at radius 2 is 1.90 bits per heavy atom. The monoisotopic (exact) mass is 251 g/mol. The zero-order valence-electron chi connectivity index (χ0n) is 5.83.